The zero-order chi connectivity index (χ0) is 17.5. The average molecular weight is 334 g/mol. The van der Waals surface area contributed by atoms with Crippen LogP contribution in [-0.4, -0.2) is 12.5 Å². The number of carbonyl (C=O) groups is 1. The van der Waals surface area contributed by atoms with Gasteiger partial charge in [-0.25, -0.2) is 0 Å². The lowest BCUT2D eigenvalue weighted by Crippen LogP contribution is -2.34. The Morgan fingerprint density at radius 1 is 0.960 bits per heavy atom. The summed E-state index contributed by atoms with van der Waals surface area (Å²) in [5, 5.41) is 6.07. The number of amides is 1. The van der Waals surface area contributed by atoms with Crippen LogP contribution in [0, 0.1) is 0 Å². The molecule has 0 saturated heterocycles. The van der Waals surface area contributed by atoms with Crippen LogP contribution in [0.25, 0.3) is 11.1 Å². The van der Waals surface area contributed by atoms with E-state index in [-0.39, 0.29) is 18.5 Å². The minimum atomic E-state index is -0.0517. The Morgan fingerprint density at radius 2 is 1.68 bits per heavy atom. The predicted molar refractivity (Wildman–Crippen MR) is 98.9 cm³/mol. The summed E-state index contributed by atoms with van der Waals surface area (Å²) < 4.78 is 5.19. The van der Waals surface area contributed by atoms with Crippen LogP contribution in [0.2, 0.25) is 0 Å². The first kappa shape index (κ1) is 17.0. The molecule has 1 atom stereocenters. The van der Waals surface area contributed by atoms with Gasteiger partial charge < -0.3 is 15.1 Å². The lowest BCUT2D eigenvalue weighted by molar-refractivity contribution is -0.120. The molecule has 0 aliphatic carbocycles. The molecule has 25 heavy (non-hydrogen) atoms. The molecule has 0 aliphatic rings. The Bertz CT molecular complexity index is 781. The molecule has 0 fully saturated rings. The van der Waals surface area contributed by atoms with Gasteiger partial charge in [0.1, 0.15) is 5.76 Å². The van der Waals surface area contributed by atoms with E-state index < -0.39 is 0 Å². The molecule has 4 heteroatoms. The lowest BCUT2D eigenvalue weighted by Gasteiger charge is -2.14. The minimum Gasteiger partial charge on any atom is -0.467 e. The number of rotatable bonds is 7. The van der Waals surface area contributed by atoms with Gasteiger partial charge in [0.2, 0.25) is 5.91 Å². The van der Waals surface area contributed by atoms with Crippen molar-refractivity contribution in [2.75, 3.05) is 6.54 Å². The van der Waals surface area contributed by atoms with Gasteiger partial charge in [-0.05, 0) is 35.7 Å². The van der Waals surface area contributed by atoms with Crippen molar-refractivity contribution in [3.05, 3.63) is 84.3 Å². The molecule has 2 N–H and O–H groups in total. The third kappa shape index (κ3) is 4.81. The average Bonchev–Trinajstić information content (AvgIpc) is 3.19. The molecule has 0 aliphatic heterocycles. The van der Waals surface area contributed by atoms with Crippen LogP contribution in [0.1, 0.15) is 24.3 Å². The monoisotopic (exact) mass is 334 g/mol. The maximum atomic E-state index is 11.9. The van der Waals surface area contributed by atoms with Crippen LogP contribution in [0.5, 0.6) is 0 Å². The van der Waals surface area contributed by atoms with Crippen molar-refractivity contribution in [1.29, 1.82) is 0 Å². The zero-order valence-electron chi connectivity index (χ0n) is 14.2. The highest BCUT2D eigenvalue weighted by Gasteiger charge is 2.08. The first-order valence-electron chi connectivity index (χ1n) is 8.40. The molecule has 3 aromatic rings. The molecule has 1 aromatic heterocycles. The van der Waals surface area contributed by atoms with Gasteiger partial charge in [0, 0.05) is 6.04 Å². The number of nitrogens with one attached hydrogen (secondary N) is 2. The SMILES string of the molecule is C[C@H](NCC(=O)NCc1ccco1)c1ccc(-c2ccccc2)cc1. The Balaban J connectivity index is 1.49. The highest BCUT2D eigenvalue weighted by Crippen LogP contribution is 2.21. The zero-order valence-corrected chi connectivity index (χ0v) is 14.2. The molecule has 1 amide bonds. The highest BCUT2D eigenvalue weighted by atomic mass is 16.3. The normalized spacial score (nSPS) is 11.9. The first-order valence-corrected chi connectivity index (χ1v) is 8.40. The summed E-state index contributed by atoms with van der Waals surface area (Å²) in [6.07, 6.45) is 1.60. The maximum absolute atomic E-state index is 11.9. The van der Waals surface area contributed by atoms with Crippen LogP contribution in [0.4, 0.5) is 0 Å². The van der Waals surface area contributed by atoms with Crippen LogP contribution >= 0.6 is 0 Å². The smallest absolute Gasteiger partial charge is 0.234 e. The van der Waals surface area contributed by atoms with Crippen molar-refractivity contribution < 1.29 is 9.21 Å². The van der Waals surface area contributed by atoms with Gasteiger partial charge in [-0.2, -0.15) is 0 Å². The molecule has 0 unspecified atom stereocenters. The molecular formula is C21H22N2O2. The number of carbonyl (C=O) groups excluding carboxylic acids is 1. The Morgan fingerprint density at radius 3 is 2.36 bits per heavy atom. The van der Waals surface area contributed by atoms with E-state index in [1.165, 1.54) is 11.1 Å². The van der Waals surface area contributed by atoms with Gasteiger partial charge >= 0.3 is 0 Å². The molecule has 2 aromatic carbocycles. The first-order chi connectivity index (χ1) is 12.2. The molecule has 4 nitrogen and oxygen atoms in total. The fourth-order valence-electron chi connectivity index (χ4n) is 2.62. The van der Waals surface area contributed by atoms with Gasteiger partial charge in [-0.1, -0.05) is 54.6 Å². The molecule has 128 valence electrons. The van der Waals surface area contributed by atoms with Gasteiger partial charge in [0.05, 0.1) is 19.4 Å². The summed E-state index contributed by atoms with van der Waals surface area (Å²) in [5.41, 5.74) is 3.54. The predicted octanol–water partition coefficient (Wildman–Crippen LogP) is 3.91. The lowest BCUT2D eigenvalue weighted by atomic mass is 10.0. The van der Waals surface area contributed by atoms with Crippen molar-refractivity contribution in [2.24, 2.45) is 0 Å². The van der Waals surface area contributed by atoms with Gasteiger partial charge in [0.25, 0.3) is 0 Å². The molecule has 0 radical (unpaired) electrons. The minimum absolute atomic E-state index is 0.0517. The Kier molecular flexibility index (Phi) is 5.65. The highest BCUT2D eigenvalue weighted by molar-refractivity contribution is 5.78. The van der Waals surface area contributed by atoms with Crippen molar-refractivity contribution in [3.63, 3.8) is 0 Å². The van der Waals surface area contributed by atoms with Crippen molar-refractivity contribution in [2.45, 2.75) is 19.5 Å². The van der Waals surface area contributed by atoms with Crippen LogP contribution in [0.3, 0.4) is 0 Å². The topological polar surface area (TPSA) is 54.3 Å². The Hall–Kier alpha value is -2.85. The van der Waals surface area contributed by atoms with E-state index in [0.29, 0.717) is 6.54 Å². The maximum Gasteiger partial charge on any atom is 0.234 e. The van der Waals surface area contributed by atoms with Crippen LogP contribution in [-0.2, 0) is 11.3 Å². The van der Waals surface area contributed by atoms with Gasteiger partial charge in [-0.15, -0.1) is 0 Å². The second-order valence-corrected chi connectivity index (χ2v) is 5.95. The number of furan rings is 1. The molecule has 3 rings (SSSR count). The largest absolute Gasteiger partial charge is 0.467 e. The molecule has 0 saturated carbocycles. The molecule has 1 heterocycles. The van der Waals surface area contributed by atoms with Crippen molar-refractivity contribution >= 4 is 5.91 Å². The third-order valence-corrected chi connectivity index (χ3v) is 4.13. The summed E-state index contributed by atoms with van der Waals surface area (Å²) in [7, 11) is 0. The Labute approximate surface area is 147 Å². The molecule has 0 bridgehead atoms. The van der Waals surface area contributed by atoms with E-state index in [1.807, 2.05) is 24.3 Å². The number of hydrogen-bond donors (Lipinski definition) is 2. The quantitative estimate of drug-likeness (QED) is 0.689. The van der Waals surface area contributed by atoms with E-state index in [2.05, 4.69) is 54.0 Å². The van der Waals surface area contributed by atoms with E-state index in [0.717, 1.165) is 11.3 Å². The van der Waals surface area contributed by atoms with Crippen LogP contribution in [0.15, 0.2) is 77.4 Å². The van der Waals surface area contributed by atoms with E-state index in [1.54, 1.807) is 12.3 Å². The third-order valence-electron chi connectivity index (χ3n) is 4.13. The van der Waals surface area contributed by atoms with Crippen molar-refractivity contribution in [1.82, 2.24) is 10.6 Å². The second-order valence-electron chi connectivity index (χ2n) is 5.95. The van der Waals surface area contributed by atoms with Crippen molar-refractivity contribution in [3.8, 4) is 11.1 Å². The van der Waals surface area contributed by atoms with Crippen LogP contribution < -0.4 is 10.6 Å². The summed E-state index contributed by atoms with van der Waals surface area (Å²) in [5.74, 6) is 0.696. The summed E-state index contributed by atoms with van der Waals surface area (Å²) in [6, 6.07) is 22.4. The van der Waals surface area contributed by atoms with E-state index in [9.17, 15) is 4.79 Å². The summed E-state index contributed by atoms with van der Waals surface area (Å²) in [4.78, 5) is 11.9. The fraction of sp³-hybridized carbons (Fsp3) is 0.190. The second kappa shape index (κ2) is 8.31. The van der Waals surface area contributed by atoms with Gasteiger partial charge in [0.15, 0.2) is 0 Å². The number of hydrogen-bond acceptors (Lipinski definition) is 3. The van der Waals surface area contributed by atoms with E-state index >= 15 is 0 Å². The van der Waals surface area contributed by atoms with E-state index in [4.69, 9.17) is 4.42 Å². The summed E-state index contributed by atoms with van der Waals surface area (Å²) in [6.45, 7) is 2.73. The fourth-order valence-corrected chi connectivity index (χ4v) is 2.62. The summed E-state index contributed by atoms with van der Waals surface area (Å²) >= 11 is 0. The molecular weight excluding hydrogens is 312 g/mol. The van der Waals surface area contributed by atoms with Gasteiger partial charge in [-0.3, -0.25) is 4.79 Å². The molecule has 0 spiro atoms. The standard InChI is InChI=1S/C21H22N2O2/c1-16(22-15-21(24)23-14-20-8-5-13-25-20)17-9-11-19(12-10-17)18-6-3-2-4-7-18/h2-13,16,22H,14-15H2,1H3,(H,23,24)/t16-/m0/s1. The number of benzene rings is 2.